The second kappa shape index (κ2) is 7.82. The minimum absolute atomic E-state index is 0.194. The van der Waals surface area contributed by atoms with Crippen LogP contribution in [0.2, 0.25) is 5.02 Å². The topological polar surface area (TPSA) is 99.9 Å². The first-order chi connectivity index (χ1) is 11.5. The van der Waals surface area contributed by atoms with E-state index in [4.69, 9.17) is 32.6 Å². The molecule has 0 unspecified atom stereocenters. The van der Waals surface area contributed by atoms with E-state index in [0.29, 0.717) is 21.9 Å². The number of benzene rings is 2. The Morgan fingerprint density at radius 2 is 1.92 bits per heavy atom. The van der Waals surface area contributed by atoms with E-state index in [-0.39, 0.29) is 12.2 Å². The molecular formula is C18H12ClN3O2. The van der Waals surface area contributed by atoms with Crippen molar-refractivity contribution >= 4 is 23.6 Å². The fourth-order valence-corrected chi connectivity index (χ4v) is 2.09. The summed E-state index contributed by atoms with van der Waals surface area (Å²) in [5.74, 6) is -0.367. The lowest BCUT2D eigenvalue weighted by atomic mass is 10.1. The van der Waals surface area contributed by atoms with Gasteiger partial charge < -0.3 is 10.5 Å². The summed E-state index contributed by atoms with van der Waals surface area (Å²) in [6, 6.07) is 15.6. The molecule has 0 atom stereocenters. The van der Waals surface area contributed by atoms with E-state index in [0.717, 1.165) is 5.56 Å². The molecule has 6 heteroatoms. The highest BCUT2D eigenvalue weighted by molar-refractivity contribution is 6.30. The van der Waals surface area contributed by atoms with Gasteiger partial charge in [0.25, 0.3) is 5.91 Å². The van der Waals surface area contributed by atoms with Crippen LogP contribution in [-0.2, 0) is 11.4 Å². The van der Waals surface area contributed by atoms with Gasteiger partial charge >= 0.3 is 0 Å². The van der Waals surface area contributed by atoms with Gasteiger partial charge in [-0.2, -0.15) is 10.5 Å². The molecule has 0 fully saturated rings. The average molecular weight is 338 g/mol. The lowest BCUT2D eigenvalue weighted by Gasteiger charge is -2.10. The Bertz CT molecular complexity index is 875. The first kappa shape index (κ1) is 17.1. The molecule has 5 nitrogen and oxygen atoms in total. The normalized spacial score (nSPS) is 10.5. The largest absolute Gasteiger partial charge is 0.488 e. The van der Waals surface area contributed by atoms with Crippen molar-refractivity contribution < 1.29 is 9.53 Å². The first-order valence-corrected chi connectivity index (χ1v) is 7.24. The van der Waals surface area contributed by atoms with E-state index in [1.165, 1.54) is 6.08 Å². The number of nitriles is 2. The van der Waals surface area contributed by atoms with Crippen molar-refractivity contribution in [1.82, 2.24) is 0 Å². The van der Waals surface area contributed by atoms with Crippen molar-refractivity contribution in [2.75, 3.05) is 0 Å². The van der Waals surface area contributed by atoms with Crippen molar-refractivity contribution in [2.24, 2.45) is 5.73 Å². The van der Waals surface area contributed by atoms with E-state index >= 15 is 0 Å². The van der Waals surface area contributed by atoms with Gasteiger partial charge in [-0.25, -0.2) is 0 Å². The second-order valence-electron chi connectivity index (χ2n) is 4.81. The zero-order valence-corrected chi connectivity index (χ0v) is 13.2. The number of nitrogens with zero attached hydrogens (tertiary/aromatic N) is 2. The summed E-state index contributed by atoms with van der Waals surface area (Å²) >= 11 is 5.96. The smallest absolute Gasteiger partial charge is 0.259 e. The summed E-state index contributed by atoms with van der Waals surface area (Å²) in [7, 11) is 0. The third-order valence-electron chi connectivity index (χ3n) is 3.13. The minimum atomic E-state index is -0.824. The Kier molecular flexibility index (Phi) is 5.57. The van der Waals surface area contributed by atoms with Crippen LogP contribution < -0.4 is 10.5 Å². The zero-order valence-electron chi connectivity index (χ0n) is 12.5. The Hall–Kier alpha value is -3.28. The quantitative estimate of drug-likeness (QED) is 0.668. The number of nitrogens with two attached hydrogens (primary N) is 1. The summed E-state index contributed by atoms with van der Waals surface area (Å²) in [6.45, 7) is 0.257. The van der Waals surface area contributed by atoms with E-state index in [2.05, 4.69) is 0 Å². The fraction of sp³-hybridized carbons (Fsp3) is 0.0556. The van der Waals surface area contributed by atoms with Crippen LogP contribution in [0, 0.1) is 22.7 Å². The third-order valence-corrected chi connectivity index (χ3v) is 3.37. The number of carbonyl (C=O) groups is 1. The molecule has 1 amide bonds. The highest BCUT2D eigenvalue weighted by Crippen LogP contribution is 2.26. The van der Waals surface area contributed by atoms with Crippen LogP contribution in [0.4, 0.5) is 0 Å². The Morgan fingerprint density at radius 3 is 2.50 bits per heavy atom. The molecule has 0 saturated heterocycles. The van der Waals surface area contributed by atoms with E-state index in [1.807, 2.05) is 6.07 Å². The molecule has 0 bridgehead atoms. The second-order valence-corrected chi connectivity index (χ2v) is 5.25. The van der Waals surface area contributed by atoms with Crippen molar-refractivity contribution in [3.05, 3.63) is 69.8 Å². The van der Waals surface area contributed by atoms with Gasteiger partial charge in [0, 0.05) is 10.6 Å². The fourth-order valence-electron chi connectivity index (χ4n) is 1.91. The zero-order chi connectivity index (χ0) is 17.5. The Labute approximate surface area is 144 Å². The summed E-state index contributed by atoms with van der Waals surface area (Å²) in [4.78, 5) is 11.2. The molecular weight excluding hydrogens is 326 g/mol. The summed E-state index contributed by atoms with van der Waals surface area (Å²) in [5, 5.41) is 18.2. The molecule has 0 heterocycles. The molecule has 0 aliphatic heterocycles. The maximum Gasteiger partial charge on any atom is 0.259 e. The molecule has 0 spiro atoms. The number of hydrogen-bond donors (Lipinski definition) is 1. The van der Waals surface area contributed by atoms with E-state index in [9.17, 15) is 4.79 Å². The van der Waals surface area contributed by atoms with Gasteiger partial charge in [-0.05, 0) is 42.0 Å². The maximum atomic E-state index is 11.2. The van der Waals surface area contributed by atoms with Crippen molar-refractivity contribution in [3.8, 4) is 17.9 Å². The monoisotopic (exact) mass is 337 g/mol. The van der Waals surface area contributed by atoms with Gasteiger partial charge in [0.1, 0.15) is 24.0 Å². The van der Waals surface area contributed by atoms with Crippen LogP contribution in [0.1, 0.15) is 16.7 Å². The average Bonchev–Trinajstić information content (AvgIpc) is 2.59. The number of ether oxygens (including phenoxy) is 1. The maximum absolute atomic E-state index is 11.2. The van der Waals surface area contributed by atoms with Crippen LogP contribution in [0.25, 0.3) is 6.08 Å². The SMILES string of the molecule is N#C/C(=C\c1cc(Cl)ccc1OCc1ccc(C#N)cc1)C(N)=O. The summed E-state index contributed by atoms with van der Waals surface area (Å²) in [6.07, 6.45) is 1.34. The number of primary amides is 1. The molecule has 0 aliphatic rings. The highest BCUT2D eigenvalue weighted by atomic mass is 35.5. The van der Waals surface area contributed by atoms with Gasteiger partial charge in [-0.15, -0.1) is 0 Å². The van der Waals surface area contributed by atoms with Crippen LogP contribution >= 0.6 is 11.6 Å². The number of halogens is 1. The predicted octanol–water partition coefficient (Wildman–Crippen LogP) is 3.18. The Balaban J connectivity index is 2.25. The van der Waals surface area contributed by atoms with Crippen molar-refractivity contribution in [1.29, 1.82) is 10.5 Å². The van der Waals surface area contributed by atoms with Gasteiger partial charge in [-0.3, -0.25) is 4.79 Å². The molecule has 2 N–H and O–H groups in total. The summed E-state index contributed by atoms with van der Waals surface area (Å²) < 4.78 is 5.73. The molecule has 0 radical (unpaired) electrons. The van der Waals surface area contributed by atoms with Crippen LogP contribution in [-0.4, -0.2) is 5.91 Å². The molecule has 2 aromatic rings. The van der Waals surface area contributed by atoms with Crippen LogP contribution in [0.15, 0.2) is 48.0 Å². The predicted molar refractivity (Wildman–Crippen MR) is 89.7 cm³/mol. The van der Waals surface area contributed by atoms with Crippen LogP contribution in [0.3, 0.4) is 0 Å². The number of carbonyl (C=O) groups excluding carboxylic acids is 1. The first-order valence-electron chi connectivity index (χ1n) is 6.86. The molecule has 2 rings (SSSR count). The van der Waals surface area contributed by atoms with Gasteiger partial charge in [0.05, 0.1) is 11.6 Å². The lowest BCUT2D eigenvalue weighted by molar-refractivity contribution is -0.114. The lowest BCUT2D eigenvalue weighted by Crippen LogP contribution is -2.12. The summed E-state index contributed by atoms with van der Waals surface area (Å²) in [5.41, 5.74) is 6.86. The minimum Gasteiger partial charge on any atom is -0.488 e. The standard InChI is InChI=1S/C18H12ClN3O2/c19-16-5-6-17(14(8-16)7-15(10-21)18(22)23)24-11-13-3-1-12(9-20)2-4-13/h1-8H,11H2,(H2,22,23)/b15-7+. The van der Waals surface area contributed by atoms with E-state index in [1.54, 1.807) is 48.5 Å². The molecule has 0 saturated carbocycles. The molecule has 0 aromatic heterocycles. The molecule has 0 aliphatic carbocycles. The molecule has 118 valence electrons. The van der Waals surface area contributed by atoms with Gasteiger partial charge in [-0.1, -0.05) is 23.7 Å². The van der Waals surface area contributed by atoms with Crippen molar-refractivity contribution in [2.45, 2.75) is 6.61 Å². The number of rotatable bonds is 5. The van der Waals surface area contributed by atoms with E-state index < -0.39 is 5.91 Å². The highest BCUT2D eigenvalue weighted by Gasteiger charge is 2.08. The number of hydrogen-bond acceptors (Lipinski definition) is 4. The third kappa shape index (κ3) is 4.36. The van der Waals surface area contributed by atoms with Crippen molar-refractivity contribution in [3.63, 3.8) is 0 Å². The van der Waals surface area contributed by atoms with Crippen LogP contribution in [0.5, 0.6) is 5.75 Å². The molecule has 2 aromatic carbocycles. The van der Waals surface area contributed by atoms with Gasteiger partial charge in [0.2, 0.25) is 0 Å². The molecule has 24 heavy (non-hydrogen) atoms. The van der Waals surface area contributed by atoms with Gasteiger partial charge in [0.15, 0.2) is 0 Å². The number of amides is 1. The Morgan fingerprint density at radius 1 is 1.21 bits per heavy atom.